The first-order valence-electron chi connectivity index (χ1n) is 16.7. The van der Waals surface area contributed by atoms with Crippen LogP contribution in [0.2, 0.25) is 5.02 Å². The van der Waals surface area contributed by atoms with Crippen LogP contribution >= 0.6 is 11.6 Å². The van der Waals surface area contributed by atoms with Gasteiger partial charge in [0.25, 0.3) is 5.91 Å². The van der Waals surface area contributed by atoms with Crippen molar-refractivity contribution in [1.29, 1.82) is 5.26 Å². The molecular weight excluding hydrogens is 643 g/mol. The molecule has 2 aromatic carbocycles. The molecule has 4 aromatic rings. The fourth-order valence-corrected chi connectivity index (χ4v) is 7.60. The number of carbonyl (C=O) groups is 1. The fraction of sp³-hybridized carbons (Fsp3) is 0.378. The molecule has 2 atom stereocenters. The molecule has 2 saturated heterocycles. The van der Waals surface area contributed by atoms with Crippen molar-refractivity contribution in [1.82, 2.24) is 24.8 Å². The zero-order valence-electron chi connectivity index (χ0n) is 27.5. The molecule has 5 heterocycles. The third kappa shape index (κ3) is 6.51. The Balaban J connectivity index is 1.19. The van der Waals surface area contributed by atoms with Gasteiger partial charge in [-0.1, -0.05) is 42.4 Å². The summed E-state index contributed by atoms with van der Waals surface area (Å²) < 4.78 is 20.8. The van der Waals surface area contributed by atoms with Crippen molar-refractivity contribution >= 4 is 45.4 Å². The molecule has 252 valence electrons. The number of nitrogens with zero attached hydrogens (tertiary/aromatic N) is 8. The number of pyridine rings is 1. The molecule has 0 spiro atoms. The highest BCUT2D eigenvalue weighted by atomic mass is 35.5. The second kappa shape index (κ2) is 14.0. The first-order valence-corrected chi connectivity index (χ1v) is 17.1. The number of halogens is 2. The molecule has 0 N–H and O–H groups in total. The molecule has 0 aliphatic carbocycles. The predicted octanol–water partition coefficient (Wildman–Crippen LogP) is 5.50. The molecule has 10 nitrogen and oxygen atoms in total. The lowest BCUT2D eigenvalue weighted by Gasteiger charge is -2.42. The van der Waals surface area contributed by atoms with Gasteiger partial charge in [-0.25, -0.2) is 4.39 Å². The van der Waals surface area contributed by atoms with E-state index in [1.54, 1.807) is 4.90 Å². The van der Waals surface area contributed by atoms with Crippen LogP contribution in [-0.4, -0.2) is 89.1 Å². The summed E-state index contributed by atoms with van der Waals surface area (Å²) in [6, 6.07) is 16.0. The lowest BCUT2D eigenvalue weighted by Crippen LogP contribution is -2.56. The maximum absolute atomic E-state index is 14.5. The van der Waals surface area contributed by atoms with Gasteiger partial charge in [0.2, 0.25) is 0 Å². The number of piperazine rings is 1. The molecule has 1 amide bonds. The molecule has 2 fully saturated rings. The number of ether oxygens (including phenoxy) is 1. The number of benzene rings is 2. The molecule has 3 aliphatic heterocycles. The van der Waals surface area contributed by atoms with E-state index >= 15 is 0 Å². The third-order valence-corrected chi connectivity index (χ3v) is 10.3. The molecule has 0 radical (unpaired) electrons. The second-order valence-corrected chi connectivity index (χ2v) is 13.3. The smallest absolute Gasteiger partial charge is 0.318 e. The molecule has 49 heavy (non-hydrogen) atoms. The number of amides is 1. The van der Waals surface area contributed by atoms with Gasteiger partial charge in [-0.05, 0) is 56.4 Å². The van der Waals surface area contributed by atoms with Crippen LogP contribution in [0.15, 0.2) is 61.4 Å². The Morgan fingerprint density at radius 2 is 1.94 bits per heavy atom. The van der Waals surface area contributed by atoms with Crippen LogP contribution in [-0.2, 0) is 17.8 Å². The fourth-order valence-electron chi connectivity index (χ4n) is 7.32. The summed E-state index contributed by atoms with van der Waals surface area (Å²) >= 11 is 6.72. The van der Waals surface area contributed by atoms with Crippen LogP contribution in [0.1, 0.15) is 36.1 Å². The van der Waals surface area contributed by atoms with E-state index in [9.17, 15) is 14.4 Å². The Hall–Kier alpha value is -4.79. The van der Waals surface area contributed by atoms with Crippen molar-refractivity contribution < 1.29 is 13.9 Å². The summed E-state index contributed by atoms with van der Waals surface area (Å²) in [5, 5.41) is 12.6. The van der Waals surface area contributed by atoms with Crippen molar-refractivity contribution in [3.8, 4) is 12.1 Å². The van der Waals surface area contributed by atoms with E-state index < -0.39 is 17.8 Å². The summed E-state index contributed by atoms with van der Waals surface area (Å²) in [5.41, 5.74) is 3.11. The Morgan fingerprint density at radius 1 is 1.10 bits per heavy atom. The molecule has 0 bridgehead atoms. The average Bonchev–Trinajstić information content (AvgIpc) is 3.54. The summed E-state index contributed by atoms with van der Waals surface area (Å²) in [4.78, 5) is 35.8. The molecule has 2 aromatic heterocycles. The highest BCUT2D eigenvalue weighted by Crippen LogP contribution is 2.37. The van der Waals surface area contributed by atoms with Crippen LogP contribution in [0.5, 0.6) is 6.01 Å². The lowest BCUT2D eigenvalue weighted by atomic mass is 10.0. The number of hydrogen-bond donors (Lipinski definition) is 0. The number of nitriles is 1. The van der Waals surface area contributed by atoms with E-state index in [0.29, 0.717) is 56.3 Å². The van der Waals surface area contributed by atoms with E-state index in [-0.39, 0.29) is 17.6 Å². The predicted molar refractivity (Wildman–Crippen MR) is 188 cm³/mol. The minimum absolute atomic E-state index is 0.0388. The summed E-state index contributed by atoms with van der Waals surface area (Å²) in [6.45, 7) is 7.88. The van der Waals surface area contributed by atoms with Crippen LogP contribution in [0.3, 0.4) is 0 Å². The van der Waals surface area contributed by atoms with Gasteiger partial charge in [0.1, 0.15) is 18.2 Å². The van der Waals surface area contributed by atoms with Crippen LogP contribution in [0.25, 0.3) is 16.3 Å². The van der Waals surface area contributed by atoms with E-state index in [1.165, 1.54) is 12.3 Å². The SMILES string of the molecule is C=C(C(=O)N1CCN(c2nc(OC[C@@H]3CCCN3C)nc3c2CCN(c2cccc4cccc(Cl)c24)C3)C[C@@H]1CC#N)c1ccncc1F. The van der Waals surface area contributed by atoms with Gasteiger partial charge in [0.15, 0.2) is 0 Å². The zero-order chi connectivity index (χ0) is 34.1. The number of hydrogen-bond acceptors (Lipinski definition) is 9. The number of likely N-dealkylation sites (tertiary alicyclic amines) is 1. The van der Waals surface area contributed by atoms with E-state index in [4.69, 9.17) is 26.3 Å². The molecule has 7 rings (SSSR count). The molecular formula is C37H38ClFN8O2. The molecule has 0 saturated carbocycles. The average molecular weight is 681 g/mol. The standard InChI is InChI=1S/C37H38ClFN8O2/c1-24(28-12-15-41-20-31(28)39)36(48)47-19-18-46(21-26(47)11-14-40)35-29-13-17-45(33-10-4-7-25-6-3-9-30(38)34(25)33)22-32(29)42-37(43-35)49-23-27-8-5-16-44(27)2/h3-4,6-7,9-10,12,15,20,26-27H,1,5,8,11,13,16-19,21-23H2,2H3/t26-,27-/m0/s1. The number of rotatable bonds is 8. The van der Waals surface area contributed by atoms with Gasteiger partial charge in [0.05, 0.1) is 42.0 Å². The van der Waals surface area contributed by atoms with Crippen molar-refractivity contribution in [2.24, 2.45) is 0 Å². The van der Waals surface area contributed by atoms with Gasteiger partial charge in [-0.3, -0.25) is 9.78 Å². The number of carbonyl (C=O) groups excluding carboxylic acids is 1. The van der Waals surface area contributed by atoms with Gasteiger partial charge >= 0.3 is 6.01 Å². The van der Waals surface area contributed by atoms with E-state index in [1.807, 2.05) is 12.1 Å². The normalized spacial score (nSPS) is 19.5. The van der Waals surface area contributed by atoms with Crippen molar-refractivity contribution in [3.05, 3.63) is 89.1 Å². The quantitative estimate of drug-likeness (QED) is 0.224. The summed E-state index contributed by atoms with van der Waals surface area (Å²) in [5.74, 6) is -0.242. The highest BCUT2D eigenvalue weighted by molar-refractivity contribution is 6.36. The van der Waals surface area contributed by atoms with Gasteiger partial charge in [0, 0.05) is 66.2 Å². The lowest BCUT2D eigenvalue weighted by molar-refractivity contribution is -0.127. The number of anilines is 2. The van der Waals surface area contributed by atoms with Crippen molar-refractivity contribution in [2.45, 2.75) is 44.3 Å². The Kier molecular flexibility index (Phi) is 9.34. The number of likely N-dealkylation sites (N-methyl/N-ethyl adjacent to an activating group) is 1. The summed E-state index contributed by atoms with van der Waals surface area (Å²) in [6.07, 6.45) is 5.49. The molecule has 0 unspecified atom stereocenters. The molecule has 12 heteroatoms. The Morgan fingerprint density at radius 3 is 2.71 bits per heavy atom. The first-order chi connectivity index (χ1) is 23.8. The van der Waals surface area contributed by atoms with E-state index in [0.717, 1.165) is 65.7 Å². The van der Waals surface area contributed by atoms with Crippen molar-refractivity contribution in [2.75, 3.05) is 56.2 Å². The Bertz CT molecular complexity index is 1940. The van der Waals surface area contributed by atoms with Crippen molar-refractivity contribution in [3.63, 3.8) is 0 Å². The maximum atomic E-state index is 14.5. The van der Waals surface area contributed by atoms with Crippen LogP contribution in [0, 0.1) is 17.1 Å². The highest BCUT2D eigenvalue weighted by Gasteiger charge is 2.35. The third-order valence-electron chi connectivity index (χ3n) is 10.00. The first kappa shape index (κ1) is 32.7. The maximum Gasteiger partial charge on any atom is 0.318 e. The minimum Gasteiger partial charge on any atom is -0.462 e. The van der Waals surface area contributed by atoms with Gasteiger partial charge in [-0.15, -0.1) is 0 Å². The summed E-state index contributed by atoms with van der Waals surface area (Å²) in [7, 11) is 2.11. The number of aromatic nitrogens is 3. The topological polar surface area (TPSA) is 102 Å². The number of fused-ring (bicyclic) bond motifs is 2. The van der Waals surface area contributed by atoms with Gasteiger partial charge < -0.3 is 24.3 Å². The van der Waals surface area contributed by atoms with Crippen LogP contribution in [0.4, 0.5) is 15.9 Å². The second-order valence-electron chi connectivity index (χ2n) is 12.9. The zero-order valence-corrected chi connectivity index (χ0v) is 28.2. The minimum atomic E-state index is -0.611. The van der Waals surface area contributed by atoms with E-state index in [2.05, 4.69) is 63.6 Å². The Labute approximate surface area is 290 Å². The van der Waals surface area contributed by atoms with Crippen LogP contribution < -0.4 is 14.5 Å². The molecule has 3 aliphatic rings. The van der Waals surface area contributed by atoms with Gasteiger partial charge in [-0.2, -0.15) is 15.2 Å². The monoisotopic (exact) mass is 680 g/mol. The largest absolute Gasteiger partial charge is 0.462 e.